The summed E-state index contributed by atoms with van der Waals surface area (Å²) in [5, 5.41) is 0. The van der Waals surface area contributed by atoms with Crippen LogP contribution in [0.2, 0.25) is 0 Å². The second kappa shape index (κ2) is 10.9. The highest BCUT2D eigenvalue weighted by Gasteiger charge is 2.19. The maximum atomic E-state index is 4.02. The van der Waals surface area contributed by atoms with Gasteiger partial charge in [0.1, 0.15) is 0 Å². The van der Waals surface area contributed by atoms with Gasteiger partial charge in [-0.25, -0.2) is 0 Å². The van der Waals surface area contributed by atoms with Crippen molar-refractivity contribution in [2.24, 2.45) is 0 Å². The van der Waals surface area contributed by atoms with Crippen LogP contribution in [0.4, 0.5) is 0 Å². The summed E-state index contributed by atoms with van der Waals surface area (Å²) in [6.45, 7) is 21.4. The van der Waals surface area contributed by atoms with E-state index >= 15 is 0 Å². The number of nitrogens with zero attached hydrogens (tertiary/aromatic N) is 3. The van der Waals surface area contributed by atoms with Gasteiger partial charge in [-0.1, -0.05) is 62.9 Å². The number of piperazine rings is 1. The standard InChI is InChI=1S/C24H31N3.C2H6/c1-6-7-24(26-16-14-25(5)15-17-26)23-12-13-27(20(23)4)18-21-8-10-22(11-9-21)19(2)3;1-2/h6-13H,1-2,14-18H2,3-5H3;1-2H3/b24-7+;. The maximum Gasteiger partial charge on any atom is 0.0472 e. The Hall–Kier alpha value is -2.52. The lowest BCUT2D eigenvalue weighted by atomic mass is 10.1. The molecule has 156 valence electrons. The number of rotatable bonds is 6. The molecule has 3 nitrogen and oxygen atoms in total. The van der Waals surface area contributed by atoms with Gasteiger partial charge in [0.2, 0.25) is 0 Å². The van der Waals surface area contributed by atoms with E-state index < -0.39 is 0 Å². The molecule has 1 saturated heterocycles. The van der Waals surface area contributed by atoms with Crippen LogP contribution < -0.4 is 0 Å². The molecular formula is C26H37N3. The average Bonchev–Trinajstić information content (AvgIpc) is 3.09. The molecule has 1 fully saturated rings. The SMILES string of the molecule is C=C/C=C(\c1ccn(Cc2ccc(C(=C)C)cc2)c1C)N1CCN(C)CC1.CC. The predicted octanol–water partition coefficient (Wildman–Crippen LogP) is 5.68. The molecule has 3 heteroatoms. The second-order valence-corrected chi connectivity index (χ2v) is 7.50. The van der Waals surface area contributed by atoms with Crippen LogP contribution in [-0.4, -0.2) is 47.6 Å². The molecule has 0 unspecified atom stereocenters. The Kier molecular flexibility index (Phi) is 8.53. The van der Waals surface area contributed by atoms with Gasteiger partial charge in [-0.3, -0.25) is 0 Å². The summed E-state index contributed by atoms with van der Waals surface area (Å²) in [5.74, 6) is 0. The van der Waals surface area contributed by atoms with Crippen molar-refractivity contribution in [2.75, 3.05) is 33.2 Å². The highest BCUT2D eigenvalue weighted by Crippen LogP contribution is 2.26. The van der Waals surface area contributed by atoms with Gasteiger partial charge in [-0.2, -0.15) is 0 Å². The van der Waals surface area contributed by atoms with E-state index in [0.29, 0.717) is 0 Å². The summed E-state index contributed by atoms with van der Waals surface area (Å²) in [5.41, 5.74) is 7.50. The lowest BCUT2D eigenvalue weighted by Gasteiger charge is -2.35. The summed E-state index contributed by atoms with van der Waals surface area (Å²) >= 11 is 0. The van der Waals surface area contributed by atoms with Gasteiger partial charge in [0, 0.05) is 55.9 Å². The molecule has 1 aromatic carbocycles. The van der Waals surface area contributed by atoms with Crippen LogP contribution in [0.5, 0.6) is 0 Å². The maximum absolute atomic E-state index is 4.02. The Balaban J connectivity index is 0.00000145. The van der Waals surface area contributed by atoms with Gasteiger partial charge in [-0.05, 0) is 44.2 Å². The first kappa shape index (κ1) is 22.8. The highest BCUT2D eigenvalue weighted by molar-refractivity contribution is 5.68. The van der Waals surface area contributed by atoms with Gasteiger partial charge >= 0.3 is 0 Å². The second-order valence-electron chi connectivity index (χ2n) is 7.50. The third-order valence-corrected chi connectivity index (χ3v) is 5.44. The molecule has 1 aromatic heterocycles. The van der Waals surface area contributed by atoms with Crippen molar-refractivity contribution in [1.82, 2.24) is 14.4 Å². The molecule has 29 heavy (non-hydrogen) atoms. The van der Waals surface area contributed by atoms with Crippen molar-refractivity contribution in [1.29, 1.82) is 0 Å². The first-order chi connectivity index (χ1) is 14.0. The van der Waals surface area contributed by atoms with Gasteiger partial charge in [0.25, 0.3) is 0 Å². The van der Waals surface area contributed by atoms with E-state index in [4.69, 9.17) is 0 Å². The normalized spacial score (nSPS) is 14.9. The molecule has 2 aromatic rings. The molecule has 0 atom stereocenters. The molecular weight excluding hydrogens is 354 g/mol. The molecule has 0 spiro atoms. The molecule has 0 N–H and O–H groups in total. The summed E-state index contributed by atoms with van der Waals surface area (Å²) in [7, 11) is 2.19. The number of hydrogen-bond donors (Lipinski definition) is 0. The van der Waals surface area contributed by atoms with E-state index in [-0.39, 0.29) is 0 Å². The third-order valence-electron chi connectivity index (χ3n) is 5.44. The Bertz CT molecular complexity index is 831. The minimum Gasteiger partial charge on any atom is -0.368 e. The summed E-state index contributed by atoms with van der Waals surface area (Å²) in [6.07, 6.45) is 6.25. The average molecular weight is 392 g/mol. The monoisotopic (exact) mass is 391 g/mol. The van der Waals surface area contributed by atoms with Crippen molar-refractivity contribution in [3.63, 3.8) is 0 Å². The van der Waals surface area contributed by atoms with Gasteiger partial charge in [-0.15, -0.1) is 0 Å². The van der Waals surface area contributed by atoms with Crippen molar-refractivity contribution in [3.8, 4) is 0 Å². The van der Waals surface area contributed by atoms with Crippen molar-refractivity contribution in [2.45, 2.75) is 34.2 Å². The van der Waals surface area contributed by atoms with Crippen LogP contribution in [-0.2, 0) is 6.54 Å². The van der Waals surface area contributed by atoms with E-state index in [1.807, 2.05) is 26.8 Å². The number of aromatic nitrogens is 1. The fourth-order valence-corrected chi connectivity index (χ4v) is 3.61. The fraction of sp³-hybridized carbons (Fsp3) is 0.385. The third kappa shape index (κ3) is 5.74. The van der Waals surface area contributed by atoms with E-state index in [2.05, 4.69) is 84.1 Å². The Morgan fingerprint density at radius 1 is 1.03 bits per heavy atom. The zero-order chi connectivity index (χ0) is 21.4. The molecule has 1 aliphatic rings. The molecule has 0 amide bonds. The van der Waals surface area contributed by atoms with Crippen molar-refractivity contribution in [3.05, 3.63) is 84.2 Å². The van der Waals surface area contributed by atoms with E-state index in [1.165, 1.54) is 28.1 Å². The van der Waals surface area contributed by atoms with E-state index in [1.54, 1.807) is 0 Å². The predicted molar refractivity (Wildman–Crippen MR) is 128 cm³/mol. The minimum atomic E-state index is 0.881. The first-order valence-electron chi connectivity index (χ1n) is 10.7. The zero-order valence-corrected chi connectivity index (χ0v) is 18.9. The van der Waals surface area contributed by atoms with Crippen LogP contribution in [0.3, 0.4) is 0 Å². The molecule has 0 radical (unpaired) electrons. The largest absolute Gasteiger partial charge is 0.368 e. The topological polar surface area (TPSA) is 11.4 Å². The number of allylic oxidation sites excluding steroid dienone is 3. The Labute approximate surface area is 177 Å². The van der Waals surface area contributed by atoms with Crippen LogP contribution >= 0.6 is 0 Å². The fourth-order valence-electron chi connectivity index (χ4n) is 3.61. The van der Waals surface area contributed by atoms with Crippen molar-refractivity contribution < 1.29 is 0 Å². The van der Waals surface area contributed by atoms with Crippen LogP contribution in [0.25, 0.3) is 11.3 Å². The molecule has 2 heterocycles. The highest BCUT2D eigenvalue weighted by atomic mass is 15.3. The number of hydrogen-bond acceptors (Lipinski definition) is 2. The first-order valence-corrected chi connectivity index (χ1v) is 10.7. The van der Waals surface area contributed by atoms with E-state index in [9.17, 15) is 0 Å². The van der Waals surface area contributed by atoms with Gasteiger partial charge in [0.05, 0.1) is 0 Å². The summed E-state index contributed by atoms with van der Waals surface area (Å²) in [6, 6.07) is 11.0. The molecule has 0 aliphatic carbocycles. The Morgan fingerprint density at radius 2 is 1.66 bits per heavy atom. The zero-order valence-electron chi connectivity index (χ0n) is 18.9. The minimum absolute atomic E-state index is 0.881. The van der Waals surface area contributed by atoms with Crippen molar-refractivity contribution >= 4 is 11.3 Å². The summed E-state index contributed by atoms with van der Waals surface area (Å²) < 4.78 is 2.33. The lowest BCUT2D eigenvalue weighted by molar-refractivity contribution is 0.207. The van der Waals surface area contributed by atoms with Crippen LogP contribution in [0, 0.1) is 6.92 Å². The van der Waals surface area contributed by atoms with E-state index in [0.717, 1.165) is 38.3 Å². The molecule has 3 rings (SSSR count). The summed E-state index contributed by atoms with van der Waals surface area (Å²) in [4.78, 5) is 4.87. The molecule has 1 aliphatic heterocycles. The number of likely N-dealkylation sites (N-methyl/N-ethyl adjacent to an activating group) is 1. The molecule has 0 saturated carbocycles. The van der Waals surface area contributed by atoms with Crippen LogP contribution in [0.15, 0.2) is 61.8 Å². The quantitative estimate of drug-likeness (QED) is 0.587. The smallest absolute Gasteiger partial charge is 0.0472 e. The lowest BCUT2D eigenvalue weighted by Crippen LogP contribution is -2.43. The molecule has 0 bridgehead atoms. The van der Waals surface area contributed by atoms with Gasteiger partial charge in [0.15, 0.2) is 0 Å². The number of benzene rings is 1. The van der Waals surface area contributed by atoms with Gasteiger partial charge < -0.3 is 14.4 Å². The van der Waals surface area contributed by atoms with Crippen LogP contribution in [0.1, 0.15) is 43.2 Å². The Morgan fingerprint density at radius 3 is 2.21 bits per heavy atom.